The summed E-state index contributed by atoms with van der Waals surface area (Å²) in [6, 6.07) is 0.0541. The fourth-order valence-corrected chi connectivity index (χ4v) is 4.79. The molecule has 0 aromatic carbocycles. The molecule has 0 saturated carbocycles. The van der Waals surface area contributed by atoms with E-state index in [1.54, 1.807) is 6.92 Å². The van der Waals surface area contributed by atoms with Gasteiger partial charge in [0.15, 0.2) is 0 Å². The van der Waals surface area contributed by atoms with Crippen molar-refractivity contribution in [3.8, 4) is 0 Å². The van der Waals surface area contributed by atoms with E-state index in [2.05, 4.69) is 35.5 Å². The highest BCUT2D eigenvalue weighted by Gasteiger charge is 2.34. The second-order valence-electron chi connectivity index (χ2n) is 8.33. The van der Waals surface area contributed by atoms with Crippen LogP contribution in [-0.2, 0) is 12.7 Å². The maximum absolute atomic E-state index is 13.1. The maximum atomic E-state index is 13.1. The van der Waals surface area contributed by atoms with Gasteiger partial charge in [0.2, 0.25) is 0 Å². The number of carbonyl (C=O) groups is 2. The monoisotopic (exact) mass is 554 g/mol. The van der Waals surface area contributed by atoms with E-state index < -0.39 is 34.6 Å². The molecule has 1 aliphatic rings. The topological polar surface area (TPSA) is 139 Å². The maximum Gasteiger partial charge on any atom is 0.418 e. The van der Waals surface area contributed by atoms with E-state index >= 15 is 0 Å². The molecule has 0 aliphatic carbocycles. The zero-order valence-corrected chi connectivity index (χ0v) is 21.0. The van der Waals surface area contributed by atoms with E-state index in [-0.39, 0.29) is 22.2 Å². The summed E-state index contributed by atoms with van der Waals surface area (Å²) in [7, 11) is 0. The summed E-state index contributed by atoms with van der Waals surface area (Å²) >= 11 is 6.54. The van der Waals surface area contributed by atoms with Crippen LogP contribution < -0.4 is 16.4 Å². The predicted molar refractivity (Wildman–Crippen MR) is 131 cm³/mol. The quantitative estimate of drug-likeness (QED) is 0.399. The van der Waals surface area contributed by atoms with Crippen LogP contribution in [0.15, 0.2) is 24.8 Å². The van der Waals surface area contributed by atoms with Crippen molar-refractivity contribution in [3.05, 3.63) is 56.5 Å². The minimum Gasteiger partial charge on any atom is -0.383 e. The highest BCUT2D eigenvalue weighted by Crippen LogP contribution is 2.35. The number of anilines is 2. The third kappa shape index (κ3) is 6.32. The van der Waals surface area contributed by atoms with Crippen LogP contribution in [0.5, 0.6) is 0 Å². The van der Waals surface area contributed by atoms with Gasteiger partial charge in [0.1, 0.15) is 33.5 Å². The molecule has 0 bridgehead atoms. The van der Waals surface area contributed by atoms with E-state index in [9.17, 15) is 22.8 Å². The van der Waals surface area contributed by atoms with Gasteiger partial charge in [-0.1, -0.05) is 11.6 Å². The number of pyridine rings is 1. The van der Waals surface area contributed by atoms with Crippen LogP contribution in [0.25, 0.3) is 0 Å². The molecule has 1 atom stereocenters. The van der Waals surface area contributed by atoms with Crippen LogP contribution in [0, 0.1) is 0 Å². The normalized spacial score (nSPS) is 14.9. The molecule has 0 unspecified atom stereocenters. The Kier molecular flexibility index (Phi) is 7.90. The zero-order valence-electron chi connectivity index (χ0n) is 19.5. The second kappa shape index (κ2) is 10.9. The van der Waals surface area contributed by atoms with Crippen molar-refractivity contribution in [1.29, 1.82) is 0 Å². The van der Waals surface area contributed by atoms with Crippen molar-refractivity contribution in [2.75, 3.05) is 24.1 Å². The van der Waals surface area contributed by atoms with Crippen molar-refractivity contribution in [3.63, 3.8) is 0 Å². The zero-order chi connectivity index (χ0) is 26.7. The lowest BCUT2D eigenvalue weighted by Gasteiger charge is -2.18. The molecule has 1 fully saturated rings. The molecular formula is C22H22ClF3N8O2S. The Hall–Kier alpha value is -3.36. The molecule has 4 heterocycles. The van der Waals surface area contributed by atoms with Gasteiger partial charge < -0.3 is 16.4 Å². The van der Waals surface area contributed by atoms with Gasteiger partial charge in [-0.05, 0) is 38.9 Å². The van der Waals surface area contributed by atoms with Gasteiger partial charge in [-0.25, -0.2) is 19.9 Å². The number of hydrogen-bond donors (Lipinski definition) is 3. The number of halogens is 4. The number of aromatic nitrogens is 4. The highest BCUT2D eigenvalue weighted by atomic mass is 35.5. The molecule has 4 N–H and O–H groups in total. The fourth-order valence-electron chi connectivity index (χ4n) is 3.76. The SMILES string of the molecule is C[C@H](NC(=O)c1ncnc(N)c1CN1CCCC1)c1ncc(C(=O)Nc2cc(C(F)(F)F)c(Cl)cn2)s1. The van der Waals surface area contributed by atoms with Crippen molar-refractivity contribution in [2.24, 2.45) is 0 Å². The van der Waals surface area contributed by atoms with E-state index in [0.29, 0.717) is 23.2 Å². The minimum atomic E-state index is -4.70. The highest BCUT2D eigenvalue weighted by molar-refractivity contribution is 7.13. The third-order valence-electron chi connectivity index (χ3n) is 5.64. The van der Waals surface area contributed by atoms with Crippen molar-refractivity contribution in [1.82, 2.24) is 30.2 Å². The number of nitrogens with two attached hydrogens (primary N) is 1. The molecule has 37 heavy (non-hydrogen) atoms. The van der Waals surface area contributed by atoms with Gasteiger partial charge in [0.05, 0.1) is 22.8 Å². The number of hydrogen-bond acceptors (Lipinski definition) is 9. The number of nitrogen functional groups attached to an aromatic ring is 1. The first-order chi connectivity index (χ1) is 17.5. The number of likely N-dealkylation sites (tertiary alicyclic amines) is 1. The summed E-state index contributed by atoms with van der Waals surface area (Å²) in [6.45, 7) is 3.94. The molecule has 3 aromatic rings. The molecule has 4 rings (SSSR count). The second-order valence-corrected chi connectivity index (χ2v) is 9.80. The first kappa shape index (κ1) is 26.7. The standard InChI is InChI=1S/C22H22ClF3N8O2S/c1-11(32-20(36)17-12(18(27)31-10-30-17)9-34-4-2-3-5-34)21-29-8-15(37-21)19(35)33-16-6-13(22(24,25)26)14(23)7-28-16/h6-8,10-11H,2-5,9H2,1H3,(H,32,36)(H2,27,30,31)(H,28,33,35)/t11-/m0/s1. The Balaban J connectivity index is 1.44. The van der Waals surface area contributed by atoms with Crippen LogP contribution in [0.3, 0.4) is 0 Å². The predicted octanol–water partition coefficient (Wildman–Crippen LogP) is 3.92. The third-order valence-corrected chi connectivity index (χ3v) is 7.12. The first-order valence-corrected chi connectivity index (χ1v) is 12.3. The molecule has 2 amide bonds. The summed E-state index contributed by atoms with van der Waals surface area (Å²) < 4.78 is 39.2. The Morgan fingerprint density at radius 2 is 1.89 bits per heavy atom. The fraction of sp³-hybridized carbons (Fsp3) is 0.364. The molecule has 1 aliphatic heterocycles. The number of nitrogens with one attached hydrogen (secondary N) is 2. The Morgan fingerprint density at radius 3 is 2.59 bits per heavy atom. The van der Waals surface area contributed by atoms with Gasteiger partial charge in [0, 0.05) is 18.3 Å². The number of rotatable bonds is 7. The van der Waals surface area contributed by atoms with Crippen LogP contribution in [0.1, 0.15) is 62.1 Å². The van der Waals surface area contributed by atoms with E-state index in [1.807, 2.05) is 0 Å². The Bertz CT molecular complexity index is 1310. The lowest BCUT2D eigenvalue weighted by Crippen LogP contribution is -2.30. The van der Waals surface area contributed by atoms with Crippen LogP contribution in [0.2, 0.25) is 5.02 Å². The van der Waals surface area contributed by atoms with Gasteiger partial charge in [0.25, 0.3) is 11.8 Å². The molecule has 15 heteroatoms. The molecule has 0 radical (unpaired) electrons. The van der Waals surface area contributed by atoms with Crippen molar-refractivity contribution in [2.45, 2.75) is 38.5 Å². The summed E-state index contributed by atoms with van der Waals surface area (Å²) in [6.07, 6.45) is 0.748. The average Bonchev–Trinajstić information content (AvgIpc) is 3.53. The van der Waals surface area contributed by atoms with E-state index in [1.165, 1.54) is 12.5 Å². The summed E-state index contributed by atoms with van der Waals surface area (Å²) in [5, 5.41) is 4.93. The lowest BCUT2D eigenvalue weighted by atomic mass is 10.1. The smallest absolute Gasteiger partial charge is 0.383 e. The number of amides is 2. The van der Waals surface area contributed by atoms with Crippen LogP contribution in [0.4, 0.5) is 24.8 Å². The van der Waals surface area contributed by atoms with Gasteiger partial charge in [-0.2, -0.15) is 13.2 Å². The number of nitrogens with zero attached hydrogens (tertiary/aromatic N) is 5. The number of alkyl halides is 3. The number of carbonyl (C=O) groups excluding carboxylic acids is 2. The van der Waals surface area contributed by atoms with Crippen molar-refractivity contribution < 1.29 is 22.8 Å². The van der Waals surface area contributed by atoms with E-state index in [0.717, 1.165) is 43.5 Å². The summed E-state index contributed by atoms with van der Waals surface area (Å²) in [5.41, 5.74) is 5.62. The van der Waals surface area contributed by atoms with E-state index in [4.69, 9.17) is 17.3 Å². The first-order valence-electron chi connectivity index (χ1n) is 11.1. The summed E-state index contributed by atoms with van der Waals surface area (Å²) in [5.74, 6) is -1.26. The molecule has 3 aromatic heterocycles. The lowest BCUT2D eigenvalue weighted by molar-refractivity contribution is -0.137. The average molecular weight is 555 g/mol. The van der Waals surface area contributed by atoms with Crippen LogP contribution >= 0.6 is 22.9 Å². The van der Waals surface area contributed by atoms with Crippen LogP contribution in [-0.4, -0.2) is 49.7 Å². The Morgan fingerprint density at radius 1 is 1.16 bits per heavy atom. The molecule has 10 nitrogen and oxygen atoms in total. The minimum absolute atomic E-state index is 0.113. The Labute approximate surface area is 218 Å². The van der Waals surface area contributed by atoms with Crippen molar-refractivity contribution >= 4 is 46.4 Å². The van der Waals surface area contributed by atoms with Gasteiger partial charge in [-0.3, -0.25) is 14.5 Å². The van der Waals surface area contributed by atoms with Gasteiger partial charge >= 0.3 is 6.18 Å². The molecular weight excluding hydrogens is 533 g/mol. The number of thiazole rings is 1. The molecule has 0 spiro atoms. The summed E-state index contributed by atoms with van der Waals surface area (Å²) in [4.78, 5) is 43.9. The largest absolute Gasteiger partial charge is 0.418 e. The molecule has 1 saturated heterocycles. The van der Waals surface area contributed by atoms with Gasteiger partial charge in [-0.15, -0.1) is 11.3 Å². The molecule has 196 valence electrons.